The highest BCUT2D eigenvalue weighted by atomic mass is 32.2. The Morgan fingerprint density at radius 1 is 1.29 bits per heavy atom. The zero-order chi connectivity index (χ0) is 15.4. The summed E-state index contributed by atoms with van der Waals surface area (Å²) >= 11 is 0.823. The molecule has 1 heterocycles. The molecule has 0 bridgehead atoms. The van der Waals surface area contributed by atoms with Crippen molar-refractivity contribution in [3.8, 4) is 5.75 Å². The van der Waals surface area contributed by atoms with Crippen LogP contribution in [0.25, 0.3) is 6.08 Å². The Morgan fingerprint density at radius 3 is 2.52 bits per heavy atom. The van der Waals surface area contributed by atoms with Gasteiger partial charge in [0.15, 0.2) is 0 Å². The predicted molar refractivity (Wildman–Crippen MR) is 74.8 cm³/mol. The van der Waals surface area contributed by atoms with Crippen molar-refractivity contribution >= 4 is 29.0 Å². The number of halogens is 2. The summed E-state index contributed by atoms with van der Waals surface area (Å²) in [4.78, 5) is 24.9. The molecule has 0 spiro atoms. The van der Waals surface area contributed by atoms with Gasteiger partial charge in [-0.25, -0.2) is 0 Å². The highest BCUT2D eigenvalue weighted by molar-refractivity contribution is 8.18. The number of hydrogen-bond donors (Lipinski definition) is 1. The van der Waals surface area contributed by atoms with E-state index in [4.69, 9.17) is 5.73 Å². The number of benzene rings is 1. The monoisotopic (exact) mass is 314 g/mol. The van der Waals surface area contributed by atoms with Gasteiger partial charge < -0.3 is 10.5 Å². The molecule has 1 saturated heterocycles. The van der Waals surface area contributed by atoms with E-state index in [1.54, 1.807) is 0 Å². The number of imide groups is 1. The van der Waals surface area contributed by atoms with Gasteiger partial charge in [0.2, 0.25) is 0 Å². The maximum Gasteiger partial charge on any atom is 0.387 e. The van der Waals surface area contributed by atoms with Gasteiger partial charge in [-0.05, 0) is 35.5 Å². The van der Waals surface area contributed by atoms with Crippen LogP contribution in [-0.2, 0) is 4.79 Å². The molecule has 112 valence electrons. The number of carbonyl (C=O) groups excluding carboxylic acids is 2. The Morgan fingerprint density at radius 2 is 1.95 bits per heavy atom. The molecule has 21 heavy (non-hydrogen) atoms. The van der Waals surface area contributed by atoms with Crippen LogP contribution in [0.1, 0.15) is 5.56 Å². The Kier molecular flexibility index (Phi) is 4.92. The molecule has 0 atom stereocenters. The van der Waals surface area contributed by atoms with E-state index in [0.717, 1.165) is 16.7 Å². The van der Waals surface area contributed by atoms with E-state index < -0.39 is 12.5 Å². The molecule has 1 aromatic carbocycles. The summed E-state index contributed by atoms with van der Waals surface area (Å²) in [6.45, 7) is -2.52. The fraction of sp³-hybridized carbons (Fsp3) is 0.231. The van der Waals surface area contributed by atoms with Crippen molar-refractivity contribution in [3.05, 3.63) is 34.7 Å². The van der Waals surface area contributed by atoms with E-state index in [9.17, 15) is 18.4 Å². The topological polar surface area (TPSA) is 72.6 Å². The lowest BCUT2D eigenvalue weighted by Gasteiger charge is -2.09. The van der Waals surface area contributed by atoms with Crippen molar-refractivity contribution < 1.29 is 23.1 Å². The number of amides is 2. The zero-order valence-corrected chi connectivity index (χ0v) is 11.6. The third-order valence-electron chi connectivity index (χ3n) is 2.63. The summed E-state index contributed by atoms with van der Waals surface area (Å²) in [6.07, 6.45) is 1.52. The number of nitrogens with two attached hydrogens (primary N) is 1. The lowest BCUT2D eigenvalue weighted by atomic mass is 10.2. The smallest absolute Gasteiger partial charge is 0.387 e. The average Bonchev–Trinajstić information content (AvgIpc) is 2.69. The van der Waals surface area contributed by atoms with E-state index in [2.05, 4.69) is 4.74 Å². The second-order valence-electron chi connectivity index (χ2n) is 4.07. The van der Waals surface area contributed by atoms with E-state index in [1.807, 2.05) is 0 Å². The van der Waals surface area contributed by atoms with E-state index >= 15 is 0 Å². The first kappa shape index (κ1) is 15.5. The van der Waals surface area contributed by atoms with Crippen LogP contribution in [0.4, 0.5) is 13.6 Å². The zero-order valence-electron chi connectivity index (χ0n) is 10.8. The molecule has 0 radical (unpaired) electrons. The third kappa shape index (κ3) is 3.79. The van der Waals surface area contributed by atoms with Gasteiger partial charge in [0, 0.05) is 13.1 Å². The molecule has 8 heteroatoms. The molecule has 1 aromatic rings. The van der Waals surface area contributed by atoms with Crippen molar-refractivity contribution in [2.45, 2.75) is 6.61 Å². The molecule has 0 aliphatic carbocycles. The third-order valence-corrected chi connectivity index (χ3v) is 3.54. The lowest BCUT2D eigenvalue weighted by molar-refractivity contribution is -0.122. The molecule has 5 nitrogen and oxygen atoms in total. The van der Waals surface area contributed by atoms with Crippen molar-refractivity contribution in [1.82, 2.24) is 4.90 Å². The summed E-state index contributed by atoms with van der Waals surface area (Å²) in [5.41, 5.74) is 5.94. The number of ether oxygens (including phenoxy) is 1. The van der Waals surface area contributed by atoms with Crippen LogP contribution in [0.15, 0.2) is 29.2 Å². The molecule has 2 N–H and O–H groups in total. The van der Waals surface area contributed by atoms with Gasteiger partial charge in [0.05, 0.1) is 4.91 Å². The van der Waals surface area contributed by atoms with E-state index in [1.165, 1.54) is 30.3 Å². The van der Waals surface area contributed by atoms with Crippen LogP contribution in [0.2, 0.25) is 0 Å². The van der Waals surface area contributed by atoms with Crippen molar-refractivity contribution in [3.63, 3.8) is 0 Å². The summed E-state index contributed by atoms with van der Waals surface area (Å²) in [5, 5.41) is -0.366. The summed E-state index contributed by atoms with van der Waals surface area (Å²) in [7, 11) is 0. The van der Waals surface area contributed by atoms with Crippen LogP contribution in [0, 0.1) is 0 Å². The van der Waals surface area contributed by atoms with E-state index in [0.29, 0.717) is 5.56 Å². The number of hydrogen-bond acceptors (Lipinski definition) is 5. The second-order valence-corrected chi connectivity index (χ2v) is 5.06. The van der Waals surface area contributed by atoms with Gasteiger partial charge in [-0.1, -0.05) is 12.1 Å². The SMILES string of the molecule is NCCN1C(=O)SC(=Cc2ccc(OC(F)F)cc2)C1=O. The van der Waals surface area contributed by atoms with Crippen LogP contribution in [-0.4, -0.2) is 35.7 Å². The molecule has 2 amide bonds. The lowest BCUT2D eigenvalue weighted by Crippen LogP contribution is -2.33. The first-order chi connectivity index (χ1) is 10.0. The Hall–Kier alpha value is -1.93. The highest BCUT2D eigenvalue weighted by Crippen LogP contribution is 2.32. The van der Waals surface area contributed by atoms with Crippen LogP contribution < -0.4 is 10.5 Å². The second kappa shape index (κ2) is 6.68. The minimum atomic E-state index is -2.89. The minimum Gasteiger partial charge on any atom is -0.435 e. The quantitative estimate of drug-likeness (QED) is 0.844. The Labute approximate surface area is 123 Å². The van der Waals surface area contributed by atoms with Gasteiger partial charge in [-0.15, -0.1) is 0 Å². The number of thioether (sulfide) groups is 1. The molecular weight excluding hydrogens is 302 g/mol. The van der Waals surface area contributed by atoms with Crippen molar-refractivity contribution in [2.24, 2.45) is 5.73 Å². The van der Waals surface area contributed by atoms with E-state index in [-0.39, 0.29) is 29.0 Å². The van der Waals surface area contributed by atoms with Gasteiger partial charge in [-0.2, -0.15) is 8.78 Å². The van der Waals surface area contributed by atoms with Gasteiger partial charge in [0.25, 0.3) is 11.1 Å². The number of nitrogens with zero attached hydrogens (tertiary/aromatic N) is 1. The molecule has 2 rings (SSSR count). The molecule has 1 aliphatic heterocycles. The highest BCUT2D eigenvalue weighted by Gasteiger charge is 2.34. The maximum absolute atomic E-state index is 12.0. The van der Waals surface area contributed by atoms with Crippen LogP contribution in [0.5, 0.6) is 5.75 Å². The largest absolute Gasteiger partial charge is 0.435 e. The summed E-state index contributed by atoms with van der Waals surface area (Å²) in [6, 6.07) is 5.77. The number of alkyl halides is 2. The average molecular weight is 314 g/mol. The molecule has 1 aliphatic rings. The summed E-state index contributed by atoms with van der Waals surface area (Å²) in [5.74, 6) is -0.373. The van der Waals surface area contributed by atoms with Crippen molar-refractivity contribution in [2.75, 3.05) is 13.1 Å². The van der Waals surface area contributed by atoms with Crippen molar-refractivity contribution in [1.29, 1.82) is 0 Å². The molecular formula is C13H12F2N2O3S. The van der Waals surface area contributed by atoms with Gasteiger partial charge >= 0.3 is 6.61 Å². The van der Waals surface area contributed by atoms with Crippen LogP contribution >= 0.6 is 11.8 Å². The summed E-state index contributed by atoms with van der Waals surface area (Å²) < 4.78 is 28.3. The van der Waals surface area contributed by atoms with Crippen LogP contribution in [0.3, 0.4) is 0 Å². The number of rotatable bonds is 5. The first-order valence-electron chi connectivity index (χ1n) is 6.01. The molecule has 0 saturated carbocycles. The minimum absolute atomic E-state index is 0.0263. The Balaban J connectivity index is 2.13. The molecule has 1 fully saturated rings. The molecule has 0 unspecified atom stereocenters. The Bertz CT molecular complexity index is 575. The standard InChI is InChI=1S/C13H12F2N2O3S/c14-12(15)20-9-3-1-8(2-4-9)7-10-11(18)17(6-5-16)13(19)21-10/h1-4,7,12H,5-6,16H2. The van der Waals surface area contributed by atoms with Gasteiger partial charge in [0.1, 0.15) is 5.75 Å². The first-order valence-corrected chi connectivity index (χ1v) is 6.83. The predicted octanol–water partition coefficient (Wildman–Crippen LogP) is 2.28. The van der Waals surface area contributed by atoms with Gasteiger partial charge in [-0.3, -0.25) is 14.5 Å². The maximum atomic E-state index is 12.0. The fourth-order valence-electron chi connectivity index (χ4n) is 1.72. The fourth-order valence-corrected chi connectivity index (χ4v) is 2.58. The number of carbonyl (C=O) groups is 2. The normalized spacial score (nSPS) is 17.1. The molecule has 0 aromatic heterocycles.